The van der Waals surface area contributed by atoms with Crippen molar-refractivity contribution in [2.45, 2.75) is 24.3 Å². The highest BCUT2D eigenvalue weighted by atomic mass is 32.2. The molecule has 1 amide bonds. The minimum atomic E-state index is -3.69. The highest BCUT2D eigenvalue weighted by Crippen LogP contribution is 2.22. The minimum Gasteiger partial charge on any atom is -0.454 e. The summed E-state index contributed by atoms with van der Waals surface area (Å²) >= 11 is 0. The van der Waals surface area contributed by atoms with Crippen molar-refractivity contribution in [3.05, 3.63) is 29.8 Å². The predicted molar refractivity (Wildman–Crippen MR) is 91.6 cm³/mol. The maximum Gasteiger partial charge on any atom is 0.331 e. The molecule has 1 N–H and O–H groups in total. The number of amides is 1. The number of ether oxygens (including phenoxy) is 1. The van der Waals surface area contributed by atoms with Gasteiger partial charge in [-0.3, -0.25) is 14.5 Å². The van der Waals surface area contributed by atoms with Crippen LogP contribution < -0.4 is 4.72 Å². The van der Waals surface area contributed by atoms with E-state index < -0.39 is 34.5 Å². The SMILES string of the molecule is C[C@H](N=C1NS(=O)(=O)c2ccccc21)C(=O)OCC(=O)N(C)CCC#N. The van der Waals surface area contributed by atoms with Crippen LogP contribution in [0.1, 0.15) is 18.9 Å². The molecule has 138 valence electrons. The number of nitrogens with one attached hydrogen (secondary N) is 1. The lowest BCUT2D eigenvalue weighted by Crippen LogP contribution is -2.33. The van der Waals surface area contributed by atoms with E-state index in [0.29, 0.717) is 5.56 Å². The molecule has 1 atom stereocenters. The van der Waals surface area contributed by atoms with E-state index >= 15 is 0 Å². The monoisotopic (exact) mass is 378 g/mol. The Hall–Kier alpha value is -2.93. The number of carbonyl (C=O) groups is 2. The molecule has 0 spiro atoms. The van der Waals surface area contributed by atoms with Crippen molar-refractivity contribution >= 4 is 27.7 Å². The lowest BCUT2D eigenvalue weighted by atomic mass is 10.2. The fourth-order valence-corrected chi connectivity index (χ4v) is 3.42. The number of benzene rings is 1. The second-order valence-electron chi connectivity index (χ2n) is 5.59. The third-order valence-electron chi connectivity index (χ3n) is 3.65. The van der Waals surface area contributed by atoms with E-state index in [4.69, 9.17) is 10.00 Å². The smallest absolute Gasteiger partial charge is 0.331 e. The van der Waals surface area contributed by atoms with E-state index in [2.05, 4.69) is 9.71 Å². The van der Waals surface area contributed by atoms with E-state index in [1.165, 1.54) is 24.9 Å². The average Bonchev–Trinajstić information content (AvgIpc) is 2.87. The number of nitriles is 1. The standard InChI is InChI=1S/C16H18N4O5S/c1-11(16(22)25-10-14(21)20(2)9-5-8-17)18-15-12-6-3-4-7-13(12)26(23,24)19-15/h3-4,6-7,11H,5,9-10H2,1-2H3,(H,18,19)/t11-/m0/s1. The lowest BCUT2D eigenvalue weighted by molar-refractivity contribution is -0.152. The second kappa shape index (κ2) is 7.97. The quantitative estimate of drug-likeness (QED) is 0.695. The molecule has 0 radical (unpaired) electrons. The van der Waals surface area contributed by atoms with Gasteiger partial charge in [0.25, 0.3) is 15.9 Å². The van der Waals surface area contributed by atoms with Crippen LogP contribution in [-0.4, -0.2) is 57.3 Å². The van der Waals surface area contributed by atoms with Crippen molar-refractivity contribution in [2.24, 2.45) is 4.99 Å². The number of rotatable bonds is 6. The Kier molecular flexibility index (Phi) is 5.94. The van der Waals surface area contributed by atoms with Crippen LogP contribution in [0, 0.1) is 11.3 Å². The third kappa shape index (κ3) is 4.37. The van der Waals surface area contributed by atoms with Crippen LogP contribution in [0.4, 0.5) is 0 Å². The summed E-state index contributed by atoms with van der Waals surface area (Å²) in [7, 11) is -2.19. The Morgan fingerprint density at radius 3 is 2.77 bits per heavy atom. The first-order valence-electron chi connectivity index (χ1n) is 7.74. The number of esters is 1. The summed E-state index contributed by atoms with van der Waals surface area (Å²) in [5, 5.41) is 8.49. The van der Waals surface area contributed by atoms with Crippen molar-refractivity contribution in [3.8, 4) is 6.07 Å². The number of nitrogens with zero attached hydrogens (tertiary/aromatic N) is 3. The zero-order chi connectivity index (χ0) is 19.3. The van der Waals surface area contributed by atoms with Gasteiger partial charge in [0, 0.05) is 19.2 Å². The van der Waals surface area contributed by atoms with Gasteiger partial charge in [-0.25, -0.2) is 13.2 Å². The maximum atomic E-state index is 12.0. The molecule has 0 fully saturated rings. The summed E-state index contributed by atoms with van der Waals surface area (Å²) in [6, 6.07) is 7.19. The zero-order valence-electron chi connectivity index (χ0n) is 14.3. The molecule has 0 bridgehead atoms. The first kappa shape index (κ1) is 19.4. The van der Waals surface area contributed by atoms with Crippen LogP contribution in [0.25, 0.3) is 0 Å². The number of aliphatic imine (C=N–C) groups is 1. The molecule has 0 saturated heterocycles. The lowest BCUT2D eigenvalue weighted by Gasteiger charge is -2.16. The fraction of sp³-hybridized carbons (Fsp3) is 0.375. The number of hydrogen-bond acceptors (Lipinski definition) is 7. The Balaban J connectivity index is 2.01. The van der Waals surface area contributed by atoms with Crippen LogP contribution in [0.5, 0.6) is 0 Å². The van der Waals surface area contributed by atoms with E-state index in [1.54, 1.807) is 18.2 Å². The number of sulfonamides is 1. The van der Waals surface area contributed by atoms with Gasteiger partial charge in [0.1, 0.15) is 11.9 Å². The molecule has 0 aliphatic carbocycles. The van der Waals surface area contributed by atoms with Gasteiger partial charge in [-0.05, 0) is 19.1 Å². The summed E-state index contributed by atoms with van der Waals surface area (Å²) in [4.78, 5) is 29.2. The normalized spacial score (nSPS) is 16.9. The molecule has 0 aromatic heterocycles. The Morgan fingerprint density at radius 1 is 1.38 bits per heavy atom. The van der Waals surface area contributed by atoms with Crippen LogP contribution >= 0.6 is 0 Å². The van der Waals surface area contributed by atoms with Gasteiger partial charge in [-0.2, -0.15) is 5.26 Å². The average molecular weight is 378 g/mol. The first-order chi connectivity index (χ1) is 12.3. The second-order valence-corrected chi connectivity index (χ2v) is 7.24. The van der Waals surface area contributed by atoms with E-state index in [0.717, 1.165) is 0 Å². The highest BCUT2D eigenvalue weighted by Gasteiger charge is 2.31. The molecule has 1 aromatic rings. The Morgan fingerprint density at radius 2 is 2.08 bits per heavy atom. The van der Waals surface area contributed by atoms with Crippen molar-refractivity contribution < 1.29 is 22.7 Å². The van der Waals surface area contributed by atoms with Crippen LogP contribution in [0.15, 0.2) is 34.2 Å². The van der Waals surface area contributed by atoms with Crippen LogP contribution in [0.3, 0.4) is 0 Å². The van der Waals surface area contributed by atoms with Gasteiger partial charge < -0.3 is 9.64 Å². The van der Waals surface area contributed by atoms with Gasteiger partial charge in [0.05, 0.1) is 17.4 Å². The zero-order valence-corrected chi connectivity index (χ0v) is 15.1. The first-order valence-corrected chi connectivity index (χ1v) is 9.22. The molecule has 9 nitrogen and oxygen atoms in total. The van der Waals surface area contributed by atoms with Crippen molar-refractivity contribution in [3.63, 3.8) is 0 Å². The molecule has 10 heteroatoms. The topological polar surface area (TPSA) is 129 Å². The molecule has 1 aromatic carbocycles. The predicted octanol–water partition coefficient (Wildman–Crippen LogP) is 0.0289. The molecular weight excluding hydrogens is 360 g/mol. The van der Waals surface area contributed by atoms with E-state index in [9.17, 15) is 18.0 Å². The molecule has 2 rings (SSSR count). The van der Waals surface area contributed by atoms with Gasteiger partial charge in [-0.15, -0.1) is 0 Å². The van der Waals surface area contributed by atoms with Gasteiger partial charge in [0.15, 0.2) is 6.61 Å². The molecule has 1 aliphatic rings. The minimum absolute atomic E-state index is 0.0579. The number of fused-ring (bicyclic) bond motifs is 1. The van der Waals surface area contributed by atoms with Gasteiger partial charge in [0.2, 0.25) is 0 Å². The fourth-order valence-electron chi connectivity index (χ4n) is 2.18. The number of hydrogen-bond donors (Lipinski definition) is 1. The Labute approximate surface area is 151 Å². The van der Waals surface area contributed by atoms with Gasteiger partial charge >= 0.3 is 5.97 Å². The summed E-state index contributed by atoms with van der Waals surface area (Å²) < 4.78 is 31.2. The molecule has 0 saturated carbocycles. The number of carbonyl (C=O) groups excluding carboxylic acids is 2. The number of likely N-dealkylation sites (N-methyl/N-ethyl adjacent to an activating group) is 1. The summed E-state index contributed by atoms with van der Waals surface area (Å²) in [6.07, 6.45) is 0.180. The largest absolute Gasteiger partial charge is 0.454 e. The summed E-state index contributed by atoms with van der Waals surface area (Å²) in [5.41, 5.74) is 0.375. The molecular formula is C16H18N4O5S. The summed E-state index contributed by atoms with van der Waals surface area (Å²) in [6.45, 7) is 1.20. The highest BCUT2D eigenvalue weighted by molar-refractivity contribution is 7.90. The molecule has 26 heavy (non-hydrogen) atoms. The molecule has 0 unspecified atom stereocenters. The van der Waals surface area contributed by atoms with Crippen molar-refractivity contribution in [1.29, 1.82) is 5.26 Å². The maximum absolute atomic E-state index is 12.0. The third-order valence-corrected chi connectivity index (χ3v) is 5.05. The van der Waals surface area contributed by atoms with Crippen molar-refractivity contribution in [2.75, 3.05) is 20.2 Å². The van der Waals surface area contributed by atoms with Gasteiger partial charge in [-0.1, -0.05) is 12.1 Å². The Bertz CT molecular complexity index is 888. The number of amidine groups is 1. The molecule has 1 heterocycles. The van der Waals surface area contributed by atoms with Crippen LogP contribution in [-0.2, 0) is 24.3 Å². The summed E-state index contributed by atoms with van der Waals surface area (Å²) in [5.74, 6) is -1.15. The molecule has 1 aliphatic heterocycles. The van der Waals surface area contributed by atoms with E-state index in [1.807, 2.05) is 6.07 Å². The van der Waals surface area contributed by atoms with Crippen molar-refractivity contribution in [1.82, 2.24) is 9.62 Å². The van der Waals surface area contributed by atoms with E-state index in [-0.39, 0.29) is 23.7 Å². The van der Waals surface area contributed by atoms with Crippen LogP contribution in [0.2, 0.25) is 0 Å².